The number of ether oxygens (including phenoxy) is 1. The number of rotatable bonds is 5. The molecule has 0 bridgehead atoms. The van der Waals surface area contributed by atoms with Crippen LogP contribution in [0, 0.1) is 18.8 Å². The first-order chi connectivity index (χ1) is 12.8. The Morgan fingerprint density at radius 1 is 1.19 bits per heavy atom. The van der Waals surface area contributed by atoms with Gasteiger partial charge in [0, 0.05) is 25.2 Å². The van der Waals surface area contributed by atoms with Crippen molar-refractivity contribution in [1.29, 1.82) is 0 Å². The van der Waals surface area contributed by atoms with Crippen LogP contribution in [0.4, 0.5) is 0 Å². The van der Waals surface area contributed by atoms with E-state index in [9.17, 15) is 4.79 Å². The molecule has 0 heterocycles. The van der Waals surface area contributed by atoms with Gasteiger partial charge in [-0.3, -0.25) is 4.79 Å². The van der Waals surface area contributed by atoms with Gasteiger partial charge in [0.25, 0.3) is 0 Å². The van der Waals surface area contributed by atoms with Crippen LogP contribution in [-0.4, -0.2) is 31.2 Å². The monoisotopic (exact) mass is 374 g/mol. The van der Waals surface area contributed by atoms with Gasteiger partial charge in [0.2, 0.25) is 0 Å². The van der Waals surface area contributed by atoms with Crippen molar-refractivity contribution in [3.05, 3.63) is 52.6 Å². The molecule has 0 amide bonds. The molecule has 2 rings (SSSR count). The highest BCUT2D eigenvalue weighted by molar-refractivity contribution is 5.81. The number of aliphatic hydroxyl groups excluding tert-OH is 1. The smallest absolute Gasteiger partial charge is 0.150 e. The fraction of sp³-hybridized carbons (Fsp3) is 0.542. The van der Waals surface area contributed by atoms with Crippen molar-refractivity contribution in [2.24, 2.45) is 11.8 Å². The molecule has 27 heavy (non-hydrogen) atoms. The highest BCUT2D eigenvalue weighted by Gasteiger charge is 2.23. The van der Waals surface area contributed by atoms with E-state index in [1.807, 2.05) is 18.2 Å². The summed E-state index contributed by atoms with van der Waals surface area (Å²) in [5, 5.41) is 7.00. The number of aryl methyl sites for hydroxylation is 1. The zero-order valence-electron chi connectivity index (χ0n) is 18.4. The summed E-state index contributed by atoms with van der Waals surface area (Å²) < 4.78 is 5.95. The average molecular weight is 375 g/mol. The molecule has 1 aromatic rings. The standard InChI is InChI=1S/C19H24O2.C4H10.CH4O/c1-5-8-21-19-14(3)10-17(11-15(19)4)18-7-6-16(12-20)9-13(18)2;1-4(2)3;1-2/h6-7,9-12,14,19H,5,8H2,1-4H3;4H,1-3H3;2H,1H3. The molecular formula is C24H38O3. The zero-order chi connectivity index (χ0) is 21.0. The number of aliphatic hydroxyl groups is 1. The number of aldehydes is 1. The molecule has 0 fully saturated rings. The largest absolute Gasteiger partial charge is 0.400 e. The maximum absolute atomic E-state index is 10.9. The Bertz CT molecular complexity index is 624. The molecule has 152 valence electrons. The van der Waals surface area contributed by atoms with E-state index < -0.39 is 0 Å². The number of hydrogen-bond donors (Lipinski definition) is 1. The van der Waals surface area contributed by atoms with Crippen LogP contribution in [0.1, 0.15) is 69.4 Å². The lowest BCUT2D eigenvalue weighted by Crippen LogP contribution is -2.25. The minimum Gasteiger partial charge on any atom is -0.400 e. The molecule has 0 spiro atoms. The van der Waals surface area contributed by atoms with Crippen LogP contribution in [0.5, 0.6) is 0 Å². The summed E-state index contributed by atoms with van der Waals surface area (Å²) in [6.07, 6.45) is 6.60. The Morgan fingerprint density at radius 3 is 2.22 bits per heavy atom. The summed E-state index contributed by atoms with van der Waals surface area (Å²) in [5.41, 5.74) is 5.56. The molecule has 1 aliphatic rings. The SMILES string of the molecule is CC(C)C.CCCOC1C(C)=CC(c2ccc(C=O)cc2C)=CC1C.CO. The van der Waals surface area contributed by atoms with Crippen molar-refractivity contribution in [1.82, 2.24) is 0 Å². The molecule has 0 saturated heterocycles. The van der Waals surface area contributed by atoms with Crippen molar-refractivity contribution < 1.29 is 14.6 Å². The molecule has 2 atom stereocenters. The van der Waals surface area contributed by atoms with Gasteiger partial charge in [-0.1, -0.05) is 58.9 Å². The quantitative estimate of drug-likeness (QED) is 0.657. The Kier molecular flexibility index (Phi) is 12.6. The Labute approximate surface area is 166 Å². The van der Waals surface area contributed by atoms with E-state index in [4.69, 9.17) is 9.84 Å². The van der Waals surface area contributed by atoms with Crippen molar-refractivity contribution >= 4 is 11.9 Å². The first-order valence-corrected chi connectivity index (χ1v) is 9.82. The minimum atomic E-state index is 0.184. The van der Waals surface area contributed by atoms with Crippen LogP contribution in [0.3, 0.4) is 0 Å². The van der Waals surface area contributed by atoms with E-state index in [0.717, 1.165) is 43.5 Å². The third-order valence-corrected chi connectivity index (χ3v) is 3.95. The van der Waals surface area contributed by atoms with Crippen LogP contribution >= 0.6 is 0 Å². The fourth-order valence-electron chi connectivity index (χ4n) is 2.94. The molecule has 0 radical (unpaired) electrons. The van der Waals surface area contributed by atoms with Crippen molar-refractivity contribution in [3.8, 4) is 0 Å². The van der Waals surface area contributed by atoms with Crippen molar-refractivity contribution in [2.45, 2.75) is 61.0 Å². The van der Waals surface area contributed by atoms with Crippen molar-refractivity contribution in [3.63, 3.8) is 0 Å². The molecule has 0 aromatic heterocycles. The summed E-state index contributed by atoms with van der Waals surface area (Å²) in [6.45, 7) is 15.8. The molecular weight excluding hydrogens is 336 g/mol. The predicted octanol–water partition coefficient (Wildman–Crippen LogP) is 5.85. The number of carbonyl (C=O) groups is 1. The van der Waals surface area contributed by atoms with Gasteiger partial charge in [-0.25, -0.2) is 0 Å². The second-order valence-electron chi connectivity index (χ2n) is 7.59. The number of allylic oxidation sites excluding steroid dienone is 2. The van der Waals surface area contributed by atoms with Gasteiger partial charge < -0.3 is 9.84 Å². The Hall–Kier alpha value is -1.71. The topological polar surface area (TPSA) is 46.5 Å². The Morgan fingerprint density at radius 2 is 1.78 bits per heavy atom. The van der Waals surface area contributed by atoms with Gasteiger partial charge in [-0.2, -0.15) is 0 Å². The van der Waals surface area contributed by atoms with E-state index in [-0.39, 0.29) is 6.10 Å². The summed E-state index contributed by atoms with van der Waals surface area (Å²) in [4.78, 5) is 10.9. The third-order valence-electron chi connectivity index (χ3n) is 3.95. The number of hydrogen-bond acceptors (Lipinski definition) is 3. The van der Waals surface area contributed by atoms with E-state index in [1.54, 1.807) is 0 Å². The highest BCUT2D eigenvalue weighted by atomic mass is 16.5. The first-order valence-electron chi connectivity index (χ1n) is 9.82. The zero-order valence-corrected chi connectivity index (χ0v) is 18.4. The maximum atomic E-state index is 10.9. The van der Waals surface area contributed by atoms with E-state index in [1.165, 1.54) is 16.7 Å². The molecule has 3 heteroatoms. The predicted molar refractivity (Wildman–Crippen MR) is 116 cm³/mol. The second-order valence-corrected chi connectivity index (χ2v) is 7.59. The van der Waals surface area contributed by atoms with E-state index in [2.05, 4.69) is 60.6 Å². The Balaban J connectivity index is 0.000000998. The first kappa shape index (κ1) is 25.3. The van der Waals surface area contributed by atoms with E-state index >= 15 is 0 Å². The van der Waals surface area contributed by atoms with Gasteiger partial charge >= 0.3 is 0 Å². The molecule has 1 aliphatic carbocycles. The van der Waals surface area contributed by atoms with Gasteiger partial charge in [0.15, 0.2) is 0 Å². The van der Waals surface area contributed by atoms with Gasteiger partial charge in [0.1, 0.15) is 6.29 Å². The summed E-state index contributed by atoms with van der Waals surface area (Å²) in [6, 6.07) is 5.86. The van der Waals surface area contributed by atoms with Crippen LogP contribution in [0.15, 0.2) is 35.9 Å². The van der Waals surface area contributed by atoms with Gasteiger partial charge in [-0.15, -0.1) is 0 Å². The van der Waals surface area contributed by atoms with Crippen LogP contribution in [-0.2, 0) is 4.74 Å². The lowest BCUT2D eigenvalue weighted by molar-refractivity contribution is 0.0545. The molecule has 2 unspecified atom stereocenters. The number of benzene rings is 1. The second kappa shape index (κ2) is 13.5. The lowest BCUT2D eigenvalue weighted by Gasteiger charge is -2.28. The van der Waals surface area contributed by atoms with Crippen LogP contribution < -0.4 is 0 Å². The fourth-order valence-corrected chi connectivity index (χ4v) is 2.94. The summed E-state index contributed by atoms with van der Waals surface area (Å²) in [5.74, 6) is 1.20. The summed E-state index contributed by atoms with van der Waals surface area (Å²) in [7, 11) is 1.00. The molecule has 3 nitrogen and oxygen atoms in total. The van der Waals surface area contributed by atoms with Crippen LogP contribution in [0.25, 0.3) is 5.57 Å². The van der Waals surface area contributed by atoms with Crippen LogP contribution in [0.2, 0.25) is 0 Å². The summed E-state index contributed by atoms with van der Waals surface area (Å²) >= 11 is 0. The minimum absolute atomic E-state index is 0.184. The molecule has 1 aromatic carbocycles. The molecule has 1 N–H and O–H groups in total. The van der Waals surface area contributed by atoms with Crippen molar-refractivity contribution in [2.75, 3.05) is 13.7 Å². The highest BCUT2D eigenvalue weighted by Crippen LogP contribution is 2.32. The number of carbonyl (C=O) groups excluding carboxylic acids is 1. The van der Waals surface area contributed by atoms with Gasteiger partial charge in [0.05, 0.1) is 6.10 Å². The molecule has 0 aliphatic heterocycles. The average Bonchev–Trinajstić information content (AvgIpc) is 2.62. The van der Waals surface area contributed by atoms with Gasteiger partial charge in [-0.05, 0) is 54.5 Å². The normalized spacial score (nSPS) is 18.4. The maximum Gasteiger partial charge on any atom is 0.150 e. The van der Waals surface area contributed by atoms with E-state index in [0.29, 0.717) is 5.92 Å². The molecule has 0 saturated carbocycles. The third kappa shape index (κ3) is 8.68. The lowest BCUT2D eigenvalue weighted by atomic mass is 9.85.